The number of hydrogen-bond acceptors (Lipinski definition) is 6. The quantitative estimate of drug-likeness (QED) is 0.0261. The highest BCUT2D eigenvalue weighted by Crippen LogP contribution is 2.17. The highest BCUT2D eigenvalue weighted by Gasteiger charge is 2.19. The molecule has 6 nitrogen and oxygen atoms in total. The van der Waals surface area contributed by atoms with E-state index in [9.17, 15) is 14.4 Å². The van der Waals surface area contributed by atoms with Gasteiger partial charge in [0, 0.05) is 19.3 Å². The zero-order chi connectivity index (χ0) is 57.8. The summed E-state index contributed by atoms with van der Waals surface area (Å²) in [5, 5.41) is 0. The molecule has 0 spiro atoms. The van der Waals surface area contributed by atoms with Crippen molar-refractivity contribution in [3.05, 3.63) is 60.8 Å². The summed E-state index contributed by atoms with van der Waals surface area (Å²) in [7, 11) is 0. The molecule has 0 aromatic rings. The first-order valence-corrected chi connectivity index (χ1v) is 35.3. The van der Waals surface area contributed by atoms with Crippen molar-refractivity contribution in [1.29, 1.82) is 0 Å². The van der Waals surface area contributed by atoms with Gasteiger partial charge in [-0.2, -0.15) is 0 Å². The van der Waals surface area contributed by atoms with Crippen molar-refractivity contribution >= 4 is 17.9 Å². The van der Waals surface area contributed by atoms with Gasteiger partial charge in [-0.05, 0) is 109 Å². The van der Waals surface area contributed by atoms with Crippen LogP contribution in [0.4, 0.5) is 0 Å². The molecular formula is C74H134O6. The number of carbonyl (C=O) groups excluding carboxylic acids is 3. The molecule has 0 bridgehead atoms. The largest absolute Gasteiger partial charge is 0.462 e. The molecule has 0 rings (SSSR count). The van der Waals surface area contributed by atoms with Crippen LogP contribution in [0.5, 0.6) is 0 Å². The van der Waals surface area contributed by atoms with Gasteiger partial charge in [0.1, 0.15) is 13.2 Å². The van der Waals surface area contributed by atoms with E-state index >= 15 is 0 Å². The van der Waals surface area contributed by atoms with Crippen LogP contribution < -0.4 is 0 Å². The SMILES string of the molecule is CCCCCCC/C=C\C/C=C\CCCCCCCCCCCCCCCC(=O)OCC(COC(=O)CCCCCCC/C=C\CCCCCCCCC)OC(=O)CCCCCCCCCCC/C=C\C/C=C\CCCCCCC. The molecule has 1 atom stereocenters. The van der Waals surface area contributed by atoms with Crippen molar-refractivity contribution in [3.63, 3.8) is 0 Å². The highest BCUT2D eigenvalue weighted by atomic mass is 16.6. The first-order chi connectivity index (χ1) is 39.5. The van der Waals surface area contributed by atoms with Crippen molar-refractivity contribution in [2.24, 2.45) is 0 Å². The van der Waals surface area contributed by atoms with Gasteiger partial charge in [-0.25, -0.2) is 0 Å². The fourth-order valence-electron chi connectivity index (χ4n) is 10.4. The number of rotatable bonds is 65. The van der Waals surface area contributed by atoms with Crippen molar-refractivity contribution < 1.29 is 28.6 Å². The zero-order valence-corrected chi connectivity index (χ0v) is 53.6. The zero-order valence-electron chi connectivity index (χ0n) is 53.6. The first-order valence-electron chi connectivity index (χ1n) is 35.3. The average Bonchev–Trinajstić information content (AvgIpc) is 3.46. The van der Waals surface area contributed by atoms with Gasteiger partial charge in [-0.15, -0.1) is 0 Å². The van der Waals surface area contributed by atoms with Crippen LogP contribution in [0.25, 0.3) is 0 Å². The molecule has 0 aromatic carbocycles. The highest BCUT2D eigenvalue weighted by molar-refractivity contribution is 5.71. The van der Waals surface area contributed by atoms with Gasteiger partial charge in [0.25, 0.3) is 0 Å². The van der Waals surface area contributed by atoms with Crippen LogP contribution in [0.1, 0.15) is 374 Å². The molecule has 466 valence electrons. The summed E-state index contributed by atoms with van der Waals surface area (Å²) in [4.78, 5) is 38.5. The van der Waals surface area contributed by atoms with Gasteiger partial charge in [0.15, 0.2) is 6.10 Å². The molecule has 0 heterocycles. The van der Waals surface area contributed by atoms with E-state index in [1.54, 1.807) is 0 Å². The van der Waals surface area contributed by atoms with Gasteiger partial charge in [0.2, 0.25) is 0 Å². The molecule has 0 saturated heterocycles. The Hall–Kier alpha value is -2.89. The van der Waals surface area contributed by atoms with Crippen molar-refractivity contribution in [1.82, 2.24) is 0 Å². The van der Waals surface area contributed by atoms with Gasteiger partial charge >= 0.3 is 17.9 Å². The second-order valence-corrected chi connectivity index (χ2v) is 23.8. The second-order valence-electron chi connectivity index (χ2n) is 23.8. The third-order valence-electron chi connectivity index (χ3n) is 15.7. The van der Waals surface area contributed by atoms with Crippen molar-refractivity contribution in [3.8, 4) is 0 Å². The normalized spacial score (nSPS) is 12.4. The van der Waals surface area contributed by atoms with Crippen LogP contribution >= 0.6 is 0 Å². The molecular weight excluding hydrogens is 985 g/mol. The smallest absolute Gasteiger partial charge is 0.306 e. The lowest BCUT2D eigenvalue weighted by Crippen LogP contribution is -2.30. The Morgan fingerprint density at radius 2 is 0.450 bits per heavy atom. The molecule has 0 amide bonds. The van der Waals surface area contributed by atoms with Crippen LogP contribution in [0.2, 0.25) is 0 Å². The van der Waals surface area contributed by atoms with Crippen molar-refractivity contribution in [2.75, 3.05) is 13.2 Å². The van der Waals surface area contributed by atoms with Gasteiger partial charge < -0.3 is 14.2 Å². The maximum atomic E-state index is 13.0. The van der Waals surface area contributed by atoms with E-state index in [-0.39, 0.29) is 31.1 Å². The van der Waals surface area contributed by atoms with Gasteiger partial charge in [-0.3, -0.25) is 14.4 Å². The lowest BCUT2D eigenvalue weighted by molar-refractivity contribution is -0.167. The summed E-state index contributed by atoms with van der Waals surface area (Å²) in [6.07, 6.45) is 88.1. The van der Waals surface area contributed by atoms with E-state index in [1.807, 2.05) is 0 Å². The van der Waals surface area contributed by atoms with Crippen molar-refractivity contribution in [2.45, 2.75) is 380 Å². The Kier molecular flexibility index (Phi) is 66.1. The maximum Gasteiger partial charge on any atom is 0.306 e. The fraction of sp³-hybridized carbons (Fsp3) is 0.824. The van der Waals surface area contributed by atoms with Gasteiger partial charge in [-0.1, -0.05) is 306 Å². The number of carbonyl (C=O) groups is 3. The predicted octanol–water partition coefficient (Wildman–Crippen LogP) is 24.3. The minimum Gasteiger partial charge on any atom is -0.462 e. The lowest BCUT2D eigenvalue weighted by atomic mass is 10.0. The number of hydrogen-bond donors (Lipinski definition) is 0. The Labute approximate surface area is 498 Å². The minimum atomic E-state index is -0.781. The Morgan fingerprint density at radius 3 is 0.700 bits per heavy atom. The van der Waals surface area contributed by atoms with E-state index in [0.717, 1.165) is 77.0 Å². The summed E-state index contributed by atoms with van der Waals surface area (Å²) in [5.74, 6) is -0.867. The summed E-state index contributed by atoms with van der Waals surface area (Å²) in [6, 6.07) is 0. The monoisotopic (exact) mass is 1120 g/mol. The molecule has 0 saturated carbocycles. The summed E-state index contributed by atoms with van der Waals surface area (Å²) >= 11 is 0. The van der Waals surface area contributed by atoms with Crippen LogP contribution in [-0.2, 0) is 28.6 Å². The predicted molar refractivity (Wildman–Crippen MR) is 348 cm³/mol. The molecule has 0 aliphatic rings. The Balaban J connectivity index is 4.32. The number of allylic oxidation sites excluding steroid dienone is 10. The molecule has 6 heteroatoms. The van der Waals surface area contributed by atoms with E-state index in [4.69, 9.17) is 14.2 Å². The standard InChI is InChI=1S/C74H134O6/c1-4-7-10-13-16-19-22-25-28-31-33-35-36-37-38-40-41-43-46-49-52-55-58-61-64-67-73(76)79-70-71(69-78-72(75)66-63-60-57-54-51-48-45-30-27-24-21-18-15-12-9-6-3)80-74(77)68-65-62-59-56-53-50-47-44-42-39-34-32-29-26-23-20-17-14-11-8-5-2/h22-23,25-26,30-34,45,71H,4-21,24,27-29,35-44,46-70H2,1-3H3/b25-22-,26-23-,33-31-,34-32-,45-30-. The molecule has 0 aromatic heterocycles. The third-order valence-corrected chi connectivity index (χ3v) is 15.7. The van der Waals surface area contributed by atoms with E-state index in [1.165, 1.54) is 257 Å². The molecule has 0 fully saturated rings. The van der Waals surface area contributed by atoms with Crippen LogP contribution in [0, 0.1) is 0 Å². The topological polar surface area (TPSA) is 78.9 Å². The minimum absolute atomic E-state index is 0.0763. The van der Waals surface area contributed by atoms with E-state index in [2.05, 4.69) is 81.5 Å². The molecule has 0 aliphatic heterocycles. The van der Waals surface area contributed by atoms with E-state index < -0.39 is 6.10 Å². The number of ether oxygens (including phenoxy) is 3. The van der Waals surface area contributed by atoms with Crippen LogP contribution in [-0.4, -0.2) is 37.2 Å². The number of unbranched alkanes of at least 4 members (excludes halogenated alkanes) is 44. The Bertz CT molecular complexity index is 1430. The third kappa shape index (κ3) is 65.9. The molecule has 1 unspecified atom stereocenters. The van der Waals surface area contributed by atoms with Crippen LogP contribution in [0.15, 0.2) is 60.8 Å². The summed E-state index contributed by atoms with van der Waals surface area (Å²) < 4.78 is 17.0. The molecule has 0 radical (unpaired) electrons. The first kappa shape index (κ1) is 77.1. The molecule has 0 aliphatic carbocycles. The average molecular weight is 1120 g/mol. The lowest BCUT2D eigenvalue weighted by Gasteiger charge is -2.18. The molecule has 80 heavy (non-hydrogen) atoms. The van der Waals surface area contributed by atoms with Crippen LogP contribution in [0.3, 0.4) is 0 Å². The summed E-state index contributed by atoms with van der Waals surface area (Å²) in [5.41, 5.74) is 0. The number of esters is 3. The van der Waals surface area contributed by atoms with Gasteiger partial charge in [0.05, 0.1) is 0 Å². The fourth-order valence-corrected chi connectivity index (χ4v) is 10.4. The Morgan fingerprint density at radius 1 is 0.250 bits per heavy atom. The molecule has 0 N–H and O–H groups in total. The summed E-state index contributed by atoms with van der Waals surface area (Å²) in [6.45, 7) is 6.66. The maximum absolute atomic E-state index is 13.0. The second kappa shape index (κ2) is 68.6. The van der Waals surface area contributed by atoms with E-state index in [0.29, 0.717) is 19.3 Å².